The lowest BCUT2D eigenvalue weighted by Gasteiger charge is -2.38. The second-order valence-corrected chi connectivity index (χ2v) is 6.15. The number of hydrogen-bond donors (Lipinski definition) is 0. The van der Waals surface area contributed by atoms with E-state index in [0.717, 1.165) is 25.9 Å². The number of benzene rings is 1. The highest BCUT2D eigenvalue weighted by Gasteiger charge is 2.33. The van der Waals surface area contributed by atoms with E-state index in [1.807, 2.05) is 0 Å². The fourth-order valence-corrected chi connectivity index (χ4v) is 3.24. The normalized spacial score (nSPS) is 17.6. The van der Waals surface area contributed by atoms with Crippen LogP contribution in [0.3, 0.4) is 0 Å². The van der Waals surface area contributed by atoms with Gasteiger partial charge in [0.25, 0.3) is 0 Å². The molecule has 0 amide bonds. The smallest absolute Gasteiger partial charge is 0.127 e. The van der Waals surface area contributed by atoms with Crippen LogP contribution in [-0.2, 0) is 4.79 Å². The quantitative estimate of drug-likeness (QED) is 0.684. The largest absolute Gasteiger partial charge is 0.371 e. The van der Waals surface area contributed by atoms with Crippen LogP contribution in [0.25, 0.3) is 0 Å². The summed E-state index contributed by atoms with van der Waals surface area (Å²) in [5, 5.41) is 0. The first-order valence-electron chi connectivity index (χ1n) is 8.06. The third-order valence-corrected chi connectivity index (χ3v) is 4.51. The van der Waals surface area contributed by atoms with Crippen molar-refractivity contribution in [1.82, 2.24) is 0 Å². The van der Waals surface area contributed by atoms with Crippen molar-refractivity contribution in [2.75, 3.05) is 18.0 Å². The van der Waals surface area contributed by atoms with Crippen molar-refractivity contribution < 1.29 is 4.79 Å². The maximum Gasteiger partial charge on any atom is 0.127 e. The third-order valence-electron chi connectivity index (χ3n) is 4.51. The molecule has 0 bridgehead atoms. The molecule has 1 fully saturated rings. The Balaban J connectivity index is 2.12. The number of carbonyl (C=O) groups is 1. The second kappa shape index (κ2) is 7.47. The van der Waals surface area contributed by atoms with Gasteiger partial charge in [-0.15, -0.1) is 0 Å². The Morgan fingerprint density at radius 2 is 1.85 bits per heavy atom. The zero-order chi connectivity index (χ0) is 14.3. The first kappa shape index (κ1) is 15.1. The summed E-state index contributed by atoms with van der Waals surface area (Å²) in [6.07, 6.45) is 9.44. The highest BCUT2D eigenvalue weighted by molar-refractivity contribution is 5.62. The molecule has 1 aromatic rings. The van der Waals surface area contributed by atoms with Crippen molar-refractivity contribution in [3.8, 4) is 0 Å². The lowest BCUT2D eigenvalue weighted by Crippen LogP contribution is -2.41. The van der Waals surface area contributed by atoms with Crippen LogP contribution in [-0.4, -0.2) is 19.4 Å². The van der Waals surface area contributed by atoms with Crippen LogP contribution in [0, 0.1) is 5.41 Å². The lowest BCUT2D eigenvalue weighted by molar-refractivity contribution is -0.117. The molecule has 20 heavy (non-hydrogen) atoms. The third kappa shape index (κ3) is 3.84. The highest BCUT2D eigenvalue weighted by Crippen LogP contribution is 2.36. The van der Waals surface area contributed by atoms with Gasteiger partial charge in [0.05, 0.1) is 0 Å². The fourth-order valence-electron chi connectivity index (χ4n) is 3.24. The molecule has 0 aromatic heterocycles. The van der Waals surface area contributed by atoms with Gasteiger partial charge >= 0.3 is 0 Å². The van der Waals surface area contributed by atoms with Gasteiger partial charge in [0.2, 0.25) is 0 Å². The molecular formula is C18H27NO. The van der Waals surface area contributed by atoms with E-state index in [0.29, 0.717) is 0 Å². The highest BCUT2D eigenvalue weighted by atomic mass is 16.1. The molecule has 0 N–H and O–H groups in total. The predicted molar refractivity (Wildman–Crippen MR) is 85.1 cm³/mol. The van der Waals surface area contributed by atoms with E-state index in [-0.39, 0.29) is 5.41 Å². The fraction of sp³-hybridized carbons (Fsp3) is 0.611. The number of aldehydes is 1. The van der Waals surface area contributed by atoms with E-state index in [2.05, 4.69) is 42.2 Å². The molecule has 2 nitrogen and oxygen atoms in total. The van der Waals surface area contributed by atoms with Gasteiger partial charge in [-0.2, -0.15) is 0 Å². The Morgan fingerprint density at radius 1 is 1.15 bits per heavy atom. The SMILES string of the molecule is CCCCN(CC1(C=O)CCCCC1)c1ccccc1. The Hall–Kier alpha value is -1.31. The van der Waals surface area contributed by atoms with Crippen LogP contribution < -0.4 is 4.90 Å². The maximum absolute atomic E-state index is 11.7. The van der Waals surface area contributed by atoms with Crippen LogP contribution in [0.2, 0.25) is 0 Å². The first-order chi connectivity index (χ1) is 9.79. The Labute approximate surface area is 123 Å². The van der Waals surface area contributed by atoms with Crippen molar-refractivity contribution in [2.24, 2.45) is 5.41 Å². The van der Waals surface area contributed by atoms with E-state index in [9.17, 15) is 4.79 Å². The standard InChI is InChI=1S/C18H27NO/c1-2-3-14-19(17-10-6-4-7-11-17)15-18(16-20)12-8-5-9-13-18/h4,6-7,10-11,16H,2-3,5,8-9,12-15H2,1H3. The molecule has 2 rings (SSSR count). The number of carbonyl (C=O) groups excluding carboxylic acids is 1. The zero-order valence-electron chi connectivity index (χ0n) is 12.7. The van der Waals surface area contributed by atoms with E-state index >= 15 is 0 Å². The lowest BCUT2D eigenvalue weighted by atomic mass is 9.75. The summed E-state index contributed by atoms with van der Waals surface area (Å²) in [7, 11) is 0. The van der Waals surface area contributed by atoms with Crippen molar-refractivity contribution in [3.05, 3.63) is 30.3 Å². The average molecular weight is 273 g/mol. The van der Waals surface area contributed by atoms with E-state index in [1.54, 1.807) is 0 Å². The van der Waals surface area contributed by atoms with Crippen molar-refractivity contribution >= 4 is 12.0 Å². The summed E-state index contributed by atoms with van der Waals surface area (Å²) >= 11 is 0. The molecule has 0 spiro atoms. The summed E-state index contributed by atoms with van der Waals surface area (Å²) in [6, 6.07) is 10.6. The Bertz CT molecular complexity index is 395. The molecule has 1 aliphatic carbocycles. The predicted octanol–water partition coefficient (Wildman–Crippen LogP) is 4.44. The minimum atomic E-state index is -0.109. The van der Waals surface area contributed by atoms with Gasteiger partial charge in [-0.1, -0.05) is 50.8 Å². The number of rotatable bonds is 7. The van der Waals surface area contributed by atoms with Crippen LogP contribution in [0.4, 0.5) is 5.69 Å². The molecule has 1 aromatic carbocycles. The molecule has 110 valence electrons. The van der Waals surface area contributed by atoms with Crippen molar-refractivity contribution in [3.63, 3.8) is 0 Å². The summed E-state index contributed by atoms with van der Waals surface area (Å²) < 4.78 is 0. The molecule has 0 aliphatic heterocycles. The summed E-state index contributed by atoms with van der Waals surface area (Å²) in [5.41, 5.74) is 1.15. The number of unbranched alkanes of at least 4 members (excludes halogenated alkanes) is 1. The van der Waals surface area contributed by atoms with Gasteiger partial charge in [0.1, 0.15) is 6.29 Å². The van der Waals surface area contributed by atoms with Crippen molar-refractivity contribution in [2.45, 2.75) is 51.9 Å². The van der Waals surface area contributed by atoms with Gasteiger partial charge in [-0.05, 0) is 31.4 Å². The summed E-state index contributed by atoms with van der Waals surface area (Å²) in [5.74, 6) is 0. The molecule has 0 radical (unpaired) electrons. The Morgan fingerprint density at radius 3 is 2.45 bits per heavy atom. The molecule has 2 heteroatoms. The van der Waals surface area contributed by atoms with Crippen LogP contribution in [0.15, 0.2) is 30.3 Å². The minimum absolute atomic E-state index is 0.109. The van der Waals surface area contributed by atoms with E-state index in [1.165, 1.54) is 44.1 Å². The van der Waals surface area contributed by atoms with Gasteiger partial charge in [-0.25, -0.2) is 0 Å². The minimum Gasteiger partial charge on any atom is -0.371 e. The molecule has 0 unspecified atom stereocenters. The monoisotopic (exact) mass is 273 g/mol. The molecule has 0 atom stereocenters. The van der Waals surface area contributed by atoms with Gasteiger partial charge in [-0.3, -0.25) is 0 Å². The van der Waals surface area contributed by atoms with Crippen LogP contribution in [0.1, 0.15) is 51.9 Å². The molecule has 0 heterocycles. The molecule has 1 aliphatic rings. The van der Waals surface area contributed by atoms with E-state index < -0.39 is 0 Å². The van der Waals surface area contributed by atoms with Crippen molar-refractivity contribution in [1.29, 1.82) is 0 Å². The zero-order valence-corrected chi connectivity index (χ0v) is 12.7. The van der Waals surface area contributed by atoms with Gasteiger partial charge in [0.15, 0.2) is 0 Å². The van der Waals surface area contributed by atoms with Crippen LogP contribution >= 0.6 is 0 Å². The van der Waals surface area contributed by atoms with Crippen LogP contribution in [0.5, 0.6) is 0 Å². The number of para-hydroxylation sites is 1. The Kier molecular flexibility index (Phi) is 5.63. The molecular weight excluding hydrogens is 246 g/mol. The average Bonchev–Trinajstić information content (AvgIpc) is 2.53. The number of nitrogens with zero attached hydrogens (tertiary/aromatic N) is 1. The second-order valence-electron chi connectivity index (χ2n) is 6.15. The topological polar surface area (TPSA) is 20.3 Å². The molecule has 0 saturated heterocycles. The number of hydrogen-bond acceptors (Lipinski definition) is 2. The van der Waals surface area contributed by atoms with E-state index in [4.69, 9.17) is 0 Å². The number of anilines is 1. The molecule has 1 saturated carbocycles. The summed E-state index contributed by atoms with van der Waals surface area (Å²) in [6.45, 7) is 4.16. The van der Waals surface area contributed by atoms with Gasteiger partial charge < -0.3 is 9.69 Å². The van der Waals surface area contributed by atoms with Gasteiger partial charge in [0, 0.05) is 24.2 Å². The summed E-state index contributed by atoms with van der Waals surface area (Å²) in [4.78, 5) is 14.1. The maximum atomic E-state index is 11.7. The first-order valence-corrected chi connectivity index (χ1v) is 8.06.